The van der Waals surface area contributed by atoms with Crippen molar-refractivity contribution >= 4 is 43.6 Å². The fourth-order valence-electron chi connectivity index (χ4n) is 12.0. The Balaban J connectivity index is 1.28. The van der Waals surface area contributed by atoms with Crippen LogP contribution >= 0.6 is 0 Å². The summed E-state index contributed by atoms with van der Waals surface area (Å²) in [5, 5.41) is 11.8. The normalized spacial score (nSPS) is 13.0. The lowest BCUT2D eigenvalue weighted by Gasteiger charge is -2.21. The quantitative estimate of drug-likeness (QED) is 0.149. The number of halogens is 21. The van der Waals surface area contributed by atoms with Crippen LogP contribution < -0.4 is 0 Å². The maximum Gasteiger partial charge on any atom is 0.416 e. The lowest BCUT2D eigenvalue weighted by molar-refractivity contribution is -0.144. The Labute approximate surface area is 521 Å². The van der Waals surface area contributed by atoms with E-state index in [2.05, 4.69) is 11.1 Å². The SMILES string of the molecule is Cc1cc(-c2ccc3c4ccc(-c5cc(C(F)(F)F)cc(C(F)(F)F)c5)cc4n(-c4cc(-c5cc(C)nc(C)c5)c(C#N)cc4-n4c5cc(-c6cc(C(F)(F)F)cc(C(F)(F)F)c6)ccc5c5ccc(-c6cc(C(F)(F)F)cc(C(F)(F)F)c6)cc54)c3c2)cc(C(F)(F)F)c1. The average molecular weight is 1330 g/mol. The Morgan fingerprint density at radius 1 is 0.284 bits per heavy atom. The van der Waals surface area contributed by atoms with E-state index in [0.29, 0.717) is 47.8 Å². The highest BCUT2D eigenvalue weighted by atomic mass is 19.4. The van der Waals surface area contributed by atoms with Crippen molar-refractivity contribution in [3.63, 3.8) is 0 Å². The highest BCUT2D eigenvalue weighted by Gasteiger charge is 2.41. The number of aryl methyl sites for hydroxylation is 3. The van der Waals surface area contributed by atoms with Crippen molar-refractivity contribution in [2.24, 2.45) is 0 Å². The number of benzene rings is 9. The molecular formula is C70H37F21N4. The molecule has 0 aliphatic carbocycles. The third kappa shape index (κ3) is 12.3. The van der Waals surface area contributed by atoms with E-state index in [1.54, 1.807) is 26.0 Å². The van der Waals surface area contributed by atoms with Gasteiger partial charge in [0.25, 0.3) is 0 Å². The van der Waals surface area contributed by atoms with Crippen LogP contribution in [0.4, 0.5) is 92.2 Å². The van der Waals surface area contributed by atoms with E-state index in [9.17, 15) is 97.5 Å². The second-order valence-electron chi connectivity index (χ2n) is 22.7. The van der Waals surface area contributed by atoms with Gasteiger partial charge in [-0.3, -0.25) is 4.98 Å². The molecule has 12 aromatic rings. The van der Waals surface area contributed by atoms with Gasteiger partial charge in [0, 0.05) is 38.5 Å². The van der Waals surface area contributed by atoms with E-state index in [1.807, 2.05) is 0 Å². The molecule has 0 amide bonds. The molecule has 0 unspecified atom stereocenters. The van der Waals surface area contributed by atoms with Crippen molar-refractivity contribution in [2.45, 2.75) is 64.0 Å². The summed E-state index contributed by atoms with van der Waals surface area (Å²) in [5.41, 5.74) is -14.3. The molecule has 0 fully saturated rings. The molecule has 3 aromatic heterocycles. The number of hydrogen-bond donors (Lipinski definition) is 0. The number of aromatic nitrogens is 3. The first-order valence-electron chi connectivity index (χ1n) is 27.9. The molecule has 0 N–H and O–H groups in total. The van der Waals surface area contributed by atoms with Gasteiger partial charge < -0.3 is 9.13 Å². The van der Waals surface area contributed by atoms with Gasteiger partial charge in [0.1, 0.15) is 0 Å². The summed E-state index contributed by atoms with van der Waals surface area (Å²) in [4.78, 5) is 4.43. The molecule has 25 heteroatoms. The largest absolute Gasteiger partial charge is 0.416 e. The van der Waals surface area contributed by atoms with Gasteiger partial charge in [0.05, 0.1) is 84.0 Å². The lowest BCUT2D eigenvalue weighted by atomic mass is 9.97. The van der Waals surface area contributed by atoms with Crippen molar-refractivity contribution in [2.75, 3.05) is 0 Å². The summed E-state index contributed by atoms with van der Waals surface area (Å²) in [6.07, 6.45) is -37.1. The second-order valence-corrected chi connectivity index (χ2v) is 22.7. The van der Waals surface area contributed by atoms with Crippen LogP contribution in [-0.4, -0.2) is 14.1 Å². The number of pyridine rings is 1. The molecule has 0 atom stereocenters. The summed E-state index contributed by atoms with van der Waals surface area (Å²) in [6.45, 7) is 4.57. The first kappa shape index (κ1) is 64.8. The van der Waals surface area contributed by atoms with E-state index >= 15 is 0 Å². The maximum atomic E-state index is 14.6. The van der Waals surface area contributed by atoms with Gasteiger partial charge in [-0.2, -0.15) is 97.5 Å². The first-order valence-corrected chi connectivity index (χ1v) is 27.9. The third-order valence-corrected chi connectivity index (χ3v) is 16.1. The summed E-state index contributed by atoms with van der Waals surface area (Å²) in [7, 11) is 0. The highest BCUT2D eigenvalue weighted by Crippen LogP contribution is 2.48. The molecule has 0 bridgehead atoms. The molecule has 0 saturated carbocycles. The monoisotopic (exact) mass is 1330 g/mol. The van der Waals surface area contributed by atoms with Gasteiger partial charge in [-0.15, -0.1) is 0 Å². The van der Waals surface area contributed by atoms with Crippen molar-refractivity contribution in [3.05, 3.63) is 231 Å². The topological polar surface area (TPSA) is 46.5 Å². The predicted octanol–water partition coefficient (Wildman–Crippen LogP) is 23.5. The van der Waals surface area contributed by atoms with Crippen LogP contribution in [-0.2, 0) is 43.2 Å². The molecule has 0 radical (unpaired) electrons. The van der Waals surface area contributed by atoms with Gasteiger partial charge in [-0.25, -0.2) is 0 Å². The van der Waals surface area contributed by atoms with Crippen LogP contribution in [0.2, 0.25) is 0 Å². The number of nitrogens with zero attached hydrogens (tertiary/aromatic N) is 4. The van der Waals surface area contributed by atoms with E-state index < -0.39 is 98.9 Å². The zero-order valence-corrected chi connectivity index (χ0v) is 48.4. The molecule has 95 heavy (non-hydrogen) atoms. The van der Waals surface area contributed by atoms with E-state index in [4.69, 9.17) is 0 Å². The number of fused-ring (bicyclic) bond motifs is 6. The minimum Gasteiger partial charge on any atom is -0.307 e. The Hall–Kier alpha value is -10.3. The standard InChI is InChI=1S/C70H37F21N4/c1-33-12-40(16-46(13-33)64(71,72)73)36-4-8-55-56-11-7-39(43-21-51(69(86,87)88)30-52(22-43)70(89,90)91)26-61(56)95(60(55)23-36)63-31-57(44-14-34(2)93-35(3)15-44)45(32-92)27-62(63)94-58-24-37(41-17-47(65(74,75)76)28-48(18-41)66(77,78)79)5-9-53(58)54-10-6-38(25-59(54)94)42-19-49(67(80,81)82)29-50(20-42)68(83,84)85/h4-31H,1-3H3. The molecule has 0 saturated heterocycles. The fourth-order valence-corrected chi connectivity index (χ4v) is 12.0. The Bertz CT molecular complexity index is 4940. The van der Waals surface area contributed by atoms with E-state index in [1.165, 1.54) is 82.8 Å². The summed E-state index contributed by atoms with van der Waals surface area (Å²) >= 11 is 0. The molecule has 0 aliphatic heterocycles. The van der Waals surface area contributed by atoms with Gasteiger partial charge in [0.2, 0.25) is 0 Å². The lowest BCUT2D eigenvalue weighted by Crippen LogP contribution is -2.11. The number of rotatable bonds is 7. The highest BCUT2D eigenvalue weighted by molar-refractivity contribution is 6.14. The molecule has 484 valence electrons. The van der Waals surface area contributed by atoms with Crippen molar-refractivity contribution in [1.29, 1.82) is 5.26 Å². The molecule has 3 heterocycles. The third-order valence-electron chi connectivity index (χ3n) is 16.1. The van der Waals surface area contributed by atoms with Crippen LogP contribution in [0.3, 0.4) is 0 Å². The molecule has 4 nitrogen and oxygen atoms in total. The first-order chi connectivity index (χ1) is 44.1. The van der Waals surface area contributed by atoms with Gasteiger partial charge in [0.15, 0.2) is 0 Å². The van der Waals surface area contributed by atoms with Gasteiger partial charge in [-0.05, 0) is 192 Å². The minimum atomic E-state index is -5.37. The van der Waals surface area contributed by atoms with Crippen LogP contribution in [0.1, 0.15) is 61.5 Å². The van der Waals surface area contributed by atoms with E-state index in [0.717, 1.165) is 36.4 Å². The van der Waals surface area contributed by atoms with Crippen LogP contribution in [0.15, 0.2) is 170 Å². The smallest absolute Gasteiger partial charge is 0.307 e. The van der Waals surface area contributed by atoms with E-state index in [-0.39, 0.29) is 123 Å². The molecule has 9 aromatic carbocycles. The number of nitriles is 1. The molecular weight excluding hydrogens is 1300 g/mol. The average Bonchev–Trinajstić information content (AvgIpc) is 1.57. The summed E-state index contributed by atoms with van der Waals surface area (Å²) < 4.78 is 308. The molecule has 0 aliphatic rings. The van der Waals surface area contributed by atoms with Crippen LogP contribution in [0, 0.1) is 32.1 Å². The number of alkyl halides is 21. The number of hydrogen-bond acceptors (Lipinski definition) is 2. The van der Waals surface area contributed by atoms with Crippen molar-refractivity contribution in [1.82, 2.24) is 14.1 Å². The zero-order chi connectivity index (χ0) is 68.8. The Kier molecular flexibility index (Phi) is 15.1. The Morgan fingerprint density at radius 2 is 0.547 bits per heavy atom. The van der Waals surface area contributed by atoms with Gasteiger partial charge >= 0.3 is 43.2 Å². The van der Waals surface area contributed by atoms with Gasteiger partial charge in [-0.1, -0.05) is 54.6 Å². The maximum absolute atomic E-state index is 14.6. The minimum absolute atomic E-state index is 0.0122. The fraction of sp³-hybridized carbons (Fsp3) is 0.143. The van der Waals surface area contributed by atoms with Crippen LogP contribution in [0.25, 0.3) is 111 Å². The second kappa shape index (κ2) is 22.2. The predicted molar refractivity (Wildman–Crippen MR) is 314 cm³/mol. The molecule has 0 spiro atoms. The van der Waals surface area contributed by atoms with Crippen LogP contribution in [0.5, 0.6) is 0 Å². The zero-order valence-electron chi connectivity index (χ0n) is 48.4. The molecule has 12 rings (SSSR count). The Morgan fingerprint density at radius 3 is 0.821 bits per heavy atom. The van der Waals surface area contributed by atoms with Crippen molar-refractivity contribution < 1.29 is 92.2 Å². The summed E-state index contributed by atoms with van der Waals surface area (Å²) in [5.74, 6) is 0. The summed E-state index contributed by atoms with van der Waals surface area (Å²) in [6, 6.07) is 28.2. The van der Waals surface area contributed by atoms with Crippen molar-refractivity contribution in [3.8, 4) is 73.1 Å².